The maximum absolute atomic E-state index is 12.7. The van der Waals surface area contributed by atoms with Gasteiger partial charge in [-0.05, 0) is 50.6 Å². The van der Waals surface area contributed by atoms with Gasteiger partial charge in [0, 0.05) is 5.56 Å². The number of ether oxygens (including phenoxy) is 2. The van der Waals surface area contributed by atoms with Crippen LogP contribution in [0, 0.1) is 0 Å². The minimum absolute atomic E-state index is 0.0803. The number of hydrogen-bond donors (Lipinski definition) is 1. The first-order chi connectivity index (χ1) is 13.1. The third-order valence-corrected chi connectivity index (χ3v) is 4.81. The average Bonchev–Trinajstić information content (AvgIpc) is 2.99. The first-order valence-electron chi connectivity index (χ1n) is 9.40. The van der Waals surface area contributed by atoms with Gasteiger partial charge >= 0.3 is 0 Å². The molecule has 3 rings (SSSR count). The number of nitrogens with one attached hydrogen (secondary N) is 1. The zero-order chi connectivity index (χ0) is 19.4. The van der Waals surface area contributed by atoms with Crippen molar-refractivity contribution in [1.29, 1.82) is 0 Å². The zero-order valence-electron chi connectivity index (χ0n) is 16.0. The molecule has 5 heteroatoms. The van der Waals surface area contributed by atoms with Crippen molar-refractivity contribution in [3.8, 4) is 17.2 Å². The number of rotatable bonds is 7. The second-order valence-electron chi connectivity index (χ2n) is 6.49. The Bertz CT molecular complexity index is 851. The third kappa shape index (κ3) is 3.98. The predicted octanol–water partition coefficient (Wildman–Crippen LogP) is 2.20. The Labute approximate surface area is 159 Å². The van der Waals surface area contributed by atoms with Gasteiger partial charge < -0.3 is 19.5 Å². The molecule has 0 saturated heterocycles. The van der Waals surface area contributed by atoms with Crippen LogP contribution in [0.1, 0.15) is 42.3 Å². The van der Waals surface area contributed by atoms with Crippen LogP contribution in [0.25, 0.3) is 6.08 Å². The van der Waals surface area contributed by atoms with Crippen LogP contribution in [0.15, 0.2) is 42.2 Å². The lowest BCUT2D eigenvalue weighted by Crippen LogP contribution is -3.10. The summed E-state index contributed by atoms with van der Waals surface area (Å²) >= 11 is 0. The van der Waals surface area contributed by atoms with E-state index in [1.54, 1.807) is 12.1 Å². The van der Waals surface area contributed by atoms with Crippen LogP contribution >= 0.6 is 0 Å². The molecule has 0 spiro atoms. The number of hydrogen-bond acceptors (Lipinski definition) is 4. The van der Waals surface area contributed by atoms with Gasteiger partial charge in [0.15, 0.2) is 5.76 Å². The van der Waals surface area contributed by atoms with Crippen molar-refractivity contribution in [2.75, 3.05) is 19.7 Å². The molecule has 142 valence electrons. The smallest absolute Gasteiger partial charge is 0.231 e. The van der Waals surface area contributed by atoms with Crippen molar-refractivity contribution in [3.63, 3.8) is 0 Å². The van der Waals surface area contributed by atoms with Crippen molar-refractivity contribution >= 4 is 11.9 Å². The first-order valence-corrected chi connectivity index (χ1v) is 9.40. The van der Waals surface area contributed by atoms with Gasteiger partial charge in [0.1, 0.15) is 18.0 Å². The van der Waals surface area contributed by atoms with Crippen LogP contribution in [-0.2, 0) is 6.54 Å². The SMILES string of the molecule is CCOc1ccc(C=C2Oc3c(ccc([O-])c3C[NH+](CC)CC)C2=O)cc1. The highest BCUT2D eigenvalue weighted by molar-refractivity contribution is 6.14. The predicted molar refractivity (Wildman–Crippen MR) is 102 cm³/mol. The molecule has 0 bridgehead atoms. The van der Waals surface area contributed by atoms with E-state index in [4.69, 9.17) is 9.47 Å². The molecule has 2 aromatic carbocycles. The van der Waals surface area contributed by atoms with Crippen molar-refractivity contribution in [2.24, 2.45) is 0 Å². The highest BCUT2D eigenvalue weighted by Crippen LogP contribution is 2.38. The van der Waals surface area contributed by atoms with Gasteiger partial charge in [-0.15, -0.1) is 0 Å². The molecule has 0 aromatic heterocycles. The second-order valence-corrected chi connectivity index (χ2v) is 6.49. The Kier molecular flexibility index (Phi) is 5.81. The number of Topliss-reactive ketones (excluding diaryl/α,β-unsaturated/α-hetero) is 1. The molecule has 1 aliphatic heterocycles. The minimum Gasteiger partial charge on any atom is -0.872 e. The first kappa shape index (κ1) is 19.0. The summed E-state index contributed by atoms with van der Waals surface area (Å²) in [5.74, 6) is 1.18. The summed E-state index contributed by atoms with van der Waals surface area (Å²) in [6.45, 7) is 9.06. The molecule has 5 nitrogen and oxygen atoms in total. The van der Waals surface area contributed by atoms with Crippen LogP contribution < -0.4 is 19.5 Å². The summed E-state index contributed by atoms with van der Waals surface area (Å²) in [5, 5.41) is 12.4. The number of quaternary nitrogens is 1. The number of allylic oxidation sites excluding steroid dienone is 1. The van der Waals surface area contributed by atoms with Crippen LogP contribution in [0.5, 0.6) is 17.2 Å². The Hall–Kier alpha value is -2.79. The van der Waals surface area contributed by atoms with Crippen molar-refractivity contribution in [3.05, 3.63) is 58.8 Å². The lowest BCUT2D eigenvalue weighted by molar-refractivity contribution is -0.910. The molecule has 0 saturated carbocycles. The van der Waals surface area contributed by atoms with Crippen molar-refractivity contribution in [1.82, 2.24) is 0 Å². The quantitative estimate of drug-likeness (QED) is 0.762. The van der Waals surface area contributed by atoms with Crippen LogP contribution in [-0.4, -0.2) is 25.5 Å². The summed E-state index contributed by atoms with van der Waals surface area (Å²) in [4.78, 5) is 14.0. The molecular formula is C22H25NO4. The monoisotopic (exact) mass is 367 g/mol. The van der Waals surface area contributed by atoms with Gasteiger partial charge in [-0.2, -0.15) is 0 Å². The largest absolute Gasteiger partial charge is 0.872 e. The molecule has 0 fully saturated rings. The van der Waals surface area contributed by atoms with E-state index in [2.05, 4.69) is 13.8 Å². The van der Waals surface area contributed by atoms with E-state index in [0.717, 1.165) is 24.4 Å². The van der Waals surface area contributed by atoms with E-state index in [1.807, 2.05) is 31.2 Å². The maximum Gasteiger partial charge on any atom is 0.231 e. The average molecular weight is 367 g/mol. The molecule has 0 atom stereocenters. The van der Waals surface area contributed by atoms with Gasteiger partial charge in [0.25, 0.3) is 0 Å². The number of benzene rings is 2. The summed E-state index contributed by atoms with van der Waals surface area (Å²) in [6.07, 6.45) is 1.70. The second kappa shape index (κ2) is 8.27. The van der Waals surface area contributed by atoms with E-state index in [-0.39, 0.29) is 17.3 Å². The highest BCUT2D eigenvalue weighted by Gasteiger charge is 2.30. The zero-order valence-corrected chi connectivity index (χ0v) is 16.0. The molecule has 1 N–H and O–H groups in total. The van der Waals surface area contributed by atoms with Crippen molar-refractivity contribution < 1.29 is 24.3 Å². The Balaban J connectivity index is 1.90. The number of carbonyl (C=O) groups is 1. The van der Waals surface area contributed by atoms with E-state index >= 15 is 0 Å². The number of carbonyl (C=O) groups excluding carboxylic acids is 1. The summed E-state index contributed by atoms with van der Waals surface area (Å²) in [5.41, 5.74) is 1.89. The molecule has 1 heterocycles. The molecule has 1 aliphatic rings. The maximum atomic E-state index is 12.7. The molecule has 2 aromatic rings. The highest BCUT2D eigenvalue weighted by atomic mass is 16.5. The fourth-order valence-corrected chi connectivity index (χ4v) is 3.18. The van der Waals surface area contributed by atoms with Crippen LogP contribution in [0.4, 0.5) is 0 Å². The van der Waals surface area contributed by atoms with E-state index in [1.165, 1.54) is 11.0 Å². The normalized spacial score (nSPS) is 14.5. The minimum atomic E-state index is -0.185. The molecule has 0 aliphatic carbocycles. The summed E-state index contributed by atoms with van der Waals surface area (Å²) in [7, 11) is 0. The van der Waals surface area contributed by atoms with Crippen LogP contribution in [0.2, 0.25) is 0 Å². The topological polar surface area (TPSA) is 63.0 Å². The Morgan fingerprint density at radius 2 is 1.78 bits per heavy atom. The van der Waals surface area contributed by atoms with Gasteiger partial charge in [-0.3, -0.25) is 4.79 Å². The molecule has 0 amide bonds. The fourth-order valence-electron chi connectivity index (χ4n) is 3.18. The third-order valence-electron chi connectivity index (χ3n) is 4.81. The van der Waals surface area contributed by atoms with E-state index in [9.17, 15) is 9.90 Å². The standard InChI is InChI=1S/C22H25NO4/c1-4-23(5-2)14-18-19(24)12-11-17-21(25)20(27-22(17)18)13-15-7-9-16(10-8-15)26-6-3/h7-13,24H,4-6,14H2,1-3H3. The van der Waals surface area contributed by atoms with Crippen LogP contribution in [0.3, 0.4) is 0 Å². The lowest BCUT2D eigenvalue weighted by atomic mass is 10.0. The Morgan fingerprint density at radius 1 is 1.07 bits per heavy atom. The van der Waals surface area contributed by atoms with Gasteiger partial charge in [0.05, 0.1) is 25.3 Å². The van der Waals surface area contributed by atoms with Gasteiger partial charge in [0.2, 0.25) is 5.78 Å². The van der Waals surface area contributed by atoms with Gasteiger partial charge in [-0.25, -0.2) is 0 Å². The number of fused-ring (bicyclic) bond motifs is 1. The van der Waals surface area contributed by atoms with Crippen molar-refractivity contribution in [2.45, 2.75) is 27.3 Å². The van der Waals surface area contributed by atoms with Gasteiger partial charge in [-0.1, -0.05) is 23.9 Å². The summed E-state index contributed by atoms with van der Waals surface area (Å²) in [6, 6.07) is 10.5. The summed E-state index contributed by atoms with van der Waals surface area (Å²) < 4.78 is 11.3. The number of ketones is 1. The van der Waals surface area contributed by atoms with E-state index in [0.29, 0.717) is 30.0 Å². The van der Waals surface area contributed by atoms with E-state index < -0.39 is 0 Å². The lowest BCUT2D eigenvalue weighted by Gasteiger charge is -2.21. The fraction of sp³-hybridized carbons (Fsp3) is 0.318. The molecule has 0 radical (unpaired) electrons. The molecule has 0 unspecified atom stereocenters. The molecular weight excluding hydrogens is 342 g/mol. The Morgan fingerprint density at radius 3 is 2.41 bits per heavy atom. The molecule has 27 heavy (non-hydrogen) atoms.